The van der Waals surface area contributed by atoms with Crippen LogP contribution in [0.2, 0.25) is 0 Å². The molecule has 3 nitrogen and oxygen atoms in total. The van der Waals surface area contributed by atoms with Crippen molar-refractivity contribution in [3.05, 3.63) is 54.1 Å². The van der Waals surface area contributed by atoms with Crippen LogP contribution in [-0.2, 0) is 0 Å². The summed E-state index contributed by atoms with van der Waals surface area (Å²) in [5, 5.41) is 3.47. The van der Waals surface area contributed by atoms with Crippen LogP contribution >= 0.6 is 0 Å². The summed E-state index contributed by atoms with van der Waals surface area (Å²) in [4.78, 5) is 0. The van der Waals surface area contributed by atoms with E-state index in [2.05, 4.69) is 24.4 Å². The van der Waals surface area contributed by atoms with E-state index < -0.39 is 0 Å². The van der Waals surface area contributed by atoms with Crippen molar-refractivity contribution in [3.63, 3.8) is 0 Å². The molecule has 0 fully saturated rings. The molecule has 3 heteroatoms. The van der Waals surface area contributed by atoms with Gasteiger partial charge in [-0.2, -0.15) is 0 Å². The third kappa shape index (κ3) is 4.42. The van der Waals surface area contributed by atoms with Gasteiger partial charge in [0.15, 0.2) is 0 Å². The molecule has 0 bridgehead atoms. The van der Waals surface area contributed by atoms with Gasteiger partial charge in [-0.1, -0.05) is 12.1 Å². The normalized spacial score (nSPS) is 12.0. The molecule has 21 heavy (non-hydrogen) atoms. The van der Waals surface area contributed by atoms with Crippen LogP contribution in [0, 0.1) is 0 Å². The molecule has 0 spiro atoms. The fraction of sp³-hybridized carbons (Fsp3) is 0.333. The number of anilines is 1. The molecule has 2 aromatic carbocycles. The van der Waals surface area contributed by atoms with E-state index in [9.17, 15) is 0 Å². The largest absolute Gasteiger partial charge is 0.497 e. The molecule has 0 heterocycles. The lowest BCUT2D eigenvalue weighted by Crippen LogP contribution is -2.08. The summed E-state index contributed by atoms with van der Waals surface area (Å²) in [6.45, 7) is 6.20. The van der Waals surface area contributed by atoms with Gasteiger partial charge in [0.05, 0.1) is 13.2 Å². The maximum Gasteiger partial charge on any atom is 0.119 e. The molecular weight excluding hydrogens is 262 g/mol. The fourth-order valence-electron chi connectivity index (χ4n) is 2.13. The summed E-state index contributed by atoms with van der Waals surface area (Å²) in [6.07, 6.45) is 0.200. The van der Waals surface area contributed by atoms with Crippen LogP contribution in [0.25, 0.3) is 0 Å². The van der Waals surface area contributed by atoms with E-state index in [1.54, 1.807) is 7.11 Å². The average Bonchev–Trinajstić information content (AvgIpc) is 2.48. The Morgan fingerprint density at radius 2 is 1.38 bits per heavy atom. The Labute approximate surface area is 126 Å². The van der Waals surface area contributed by atoms with Gasteiger partial charge in [0.2, 0.25) is 0 Å². The predicted octanol–water partition coefficient (Wildman–Crippen LogP) is 4.66. The molecule has 0 saturated heterocycles. The maximum atomic E-state index is 5.66. The van der Waals surface area contributed by atoms with Crippen LogP contribution in [0.15, 0.2) is 48.5 Å². The molecule has 1 unspecified atom stereocenters. The Morgan fingerprint density at radius 1 is 0.810 bits per heavy atom. The van der Waals surface area contributed by atoms with Crippen LogP contribution in [0.5, 0.6) is 11.5 Å². The summed E-state index contributed by atoms with van der Waals surface area (Å²) in [7, 11) is 1.67. The van der Waals surface area contributed by atoms with Gasteiger partial charge in [0, 0.05) is 11.7 Å². The van der Waals surface area contributed by atoms with Crippen molar-refractivity contribution in [2.24, 2.45) is 0 Å². The highest BCUT2D eigenvalue weighted by molar-refractivity contribution is 5.48. The fourth-order valence-corrected chi connectivity index (χ4v) is 2.13. The van der Waals surface area contributed by atoms with Crippen molar-refractivity contribution in [2.45, 2.75) is 32.9 Å². The minimum Gasteiger partial charge on any atom is -0.497 e. The average molecular weight is 285 g/mol. The molecule has 0 aliphatic heterocycles. The lowest BCUT2D eigenvalue weighted by molar-refractivity contribution is 0.242. The summed E-state index contributed by atoms with van der Waals surface area (Å²) in [6, 6.07) is 16.4. The smallest absolute Gasteiger partial charge is 0.119 e. The van der Waals surface area contributed by atoms with Crippen LogP contribution in [-0.4, -0.2) is 13.2 Å². The zero-order chi connectivity index (χ0) is 15.2. The van der Waals surface area contributed by atoms with Crippen molar-refractivity contribution in [1.82, 2.24) is 0 Å². The van der Waals surface area contributed by atoms with Crippen molar-refractivity contribution in [1.29, 1.82) is 0 Å². The molecule has 0 saturated carbocycles. The van der Waals surface area contributed by atoms with Gasteiger partial charge >= 0.3 is 0 Å². The van der Waals surface area contributed by atoms with Gasteiger partial charge in [-0.05, 0) is 62.7 Å². The number of hydrogen-bond donors (Lipinski definition) is 1. The Morgan fingerprint density at radius 3 is 1.90 bits per heavy atom. The van der Waals surface area contributed by atoms with E-state index in [1.165, 1.54) is 5.56 Å². The van der Waals surface area contributed by atoms with E-state index in [0.29, 0.717) is 0 Å². The van der Waals surface area contributed by atoms with Gasteiger partial charge < -0.3 is 14.8 Å². The SMILES string of the molecule is COc1ccc(NC(C)c2ccc(OC(C)C)cc2)cc1. The highest BCUT2D eigenvalue weighted by atomic mass is 16.5. The number of ether oxygens (including phenoxy) is 2. The van der Waals surface area contributed by atoms with Gasteiger partial charge in [-0.15, -0.1) is 0 Å². The Hall–Kier alpha value is -2.16. The van der Waals surface area contributed by atoms with Gasteiger partial charge in [-0.25, -0.2) is 0 Å². The number of methoxy groups -OCH3 is 1. The van der Waals surface area contributed by atoms with Crippen LogP contribution < -0.4 is 14.8 Å². The Bertz CT molecular complexity index is 546. The summed E-state index contributed by atoms with van der Waals surface area (Å²) >= 11 is 0. The molecule has 0 aliphatic rings. The number of nitrogens with one attached hydrogen (secondary N) is 1. The molecule has 2 rings (SSSR count). The highest BCUT2D eigenvalue weighted by Gasteiger charge is 2.06. The minimum absolute atomic E-state index is 0.200. The number of rotatable bonds is 6. The first-order chi connectivity index (χ1) is 10.1. The molecule has 1 atom stereocenters. The Balaban J connectivity index is 2.00. The second-order valence-electron chi connectivity index (χ2n) is 5.33. The lowest BCUT2D eigenvalue weighted by Gasteiger charge is -2.17. The van der Waals surface area contributed by atoms with Crippen LogP contribution in [0.3, 0.4) is 0 Å². The van der Waals surface area contributed by atoms with Crippen LogP contribution in [0.1, 0.15) is 32.4 Å². The molecule has 0 radical (unpaired) electrons. The molecule has 0 amide bonds. The third-order valence-electron chi connectivity index (χ3n) is 3.23. The van der Waals surface area contributed by atoms with Gasteiger partial charge in [-0.3, -0.25) is 0 Å². The molecule has 1 N–H and O–H groups in total. The molecule has 2 aromatic rings. The monoisotopic (exact) mass is 285 g/mol. The van der Waals surface area contributed by atoms with E-state index >= 15 is 0 Å². The molecule has 0 aliphatic carbocycles. The topological polar surface area (TPSA) is 30.5 Å². The zero-order valence-corrected chi connectivity index (χ0v) is 13.1. The summed E-state index contributed by atoms with van der Waals surface area (Å²) < 4.78 is 10.8. The highest BCUT2D eigenvalue weighted by Crippen LogP contribution is 2.23. The predicted molar refractivity (Wildman–Crippen MR) is 87.2 cm³/mol. The van der Waals surface area contributed by atoms with Gasteiger partial charge in [0.1, 0.15) is 11.5 Å². The van der Waals surface area contributed by atoms with Gasteiger partial charge in [0.25, 0.3) is 0 Å². The van der Waals surface area contributed by atoms with Crippen LogP contribution in [0.4, 0.5) is 5.69 Å². The zero-order valence-electron chi connectivity index (χ0n) is 13.1. The maximum absolute atomic E-state index is 5.66. The van der Waals surface area contributed by atoms with Crippen molar-refractivity contribution in [3.8, 4) is 11.5 Å². The van der Waals surface area contributed by atoms with E-state index in [1.807, 2.05) is 50.2 Å². The standard InChI is InChI=1S/C18H23NO2/c1-13(2)21-18-9-5-15(6-10-18)14(3)19-16-7-11-17(20-4)12-8-16/h5-14,19H,1-4H3. The lowest BCUT2D eigenvalue weighted by atomic mass is 10.1. The quantitative estimate of drug-likeness (QED) is 0.837. The van der Waals surface area contributed by atoms with Crippen molar-refractivity contribution in [2.75, 3.05) is 12.4 Å². The van der Waals surface area contributed by atoms with E-state index in [0.717, 1.165) is 17.2 Å². The Kier molecular flexibility index (Phi) is 5.09. The first kappa shape index (κ1) is 15.2. The number of benzene rings is 2. The van der Waals surface area contributed by atoms with E-state index in [-0.39, 0.29) is 12.1 Å². The summed E-state index contributed by atoms with van der Waals surface area (Å²) in [5.41, 5.74) is 2.30. The molecular formula is C18H23NO2. The first-order valence-corrected chi connectivity index (χ1v) is 7.25. The first-order valence-electron chi connectivity index (χ1n) is 7.25. The molecule has 0 aromatic heterocycles. The third-order valence-corrected chi connectivity index (χ3v) is 3.23. The second kappa shape index (κ2) is 7.02. The van der Waals surface area contributed by atoms with E-state index in [4.69, 9.17) is 9.47 Å². The molecule has 112 valence electrons. The summed E-state index contributed by atoms with van der Waals surface area (Å²) in [5.74, 6) is 1.77. The van der Waals surface area contributed by atoms with Crippen molar-refractivity contribution < 1.29 is 9.47 Å². The number of hydrogen-bond acceptors (Lipinski definition) is 3. The minimum atomic E-state index is 0.200. The van der Waals surface area contributed by atoms with Crippen molar-refractivity contribution >= 4 is 5.69 Å². The second-order valence-corrected chi connectivity index (χ2v) is 5.33.